The first-order chi connectivity index (χ1) is 11.3. The Bertz CT molecular complexity index is 695. The summed E-state index contributed by atoms with van der Waals surface area (Å²) in [7, 11) is 1.63. The van der Waals surface area contributed by atoms with Gasteiger partial charge in [-0.15, -0.1) is 0 Å². The lowest BCUT2D eigenvalue weighted by atomic mass is 9.84. The molecule has 6 heteroatoms. The number of carbonyl (C=O) groups excluding carboxylic acids is 1. The van der Waals surface area contributed by atoms with Crippen molar-refractivity contribution in [1.82, 2.24) is 5.32 Å². The third-order valence-corrected chi connectivity index (χ3v) is 4.39. The van der Waals surface area contributed by atoms with Gasteiger partial charge in [0.15, 0.2) is 0 Å². The van der Waals surface area contributed by atoms with Crippen molar-refractivity contribution in [2.45, 2.75) is 19.3 Å². The minimum atomic E-state index is -0.355. The van der Waals surface area contributed by atoms with Gasteiger partial charge in [-0.25, -0.2) is 4.79 Å². The van der Waals surface area contributed by atoms with Crippen LogP contribution < -0.4 is 15.4 Å². The molecule has 2 amide bonds. The summed E-state index contributed by atoms with van der Waals surface area (Å²) < 4.78 is 5.16. The number of amides is 2. The number of methoxy groups -OCH3 is 1. The first kappa shape index (κ1) is 18.4. The van der Waals surface area contributed by atoms with Crippen molar-refractivity contribution in [3.63, 3.8) is 0 Å². The first-order valence-corrected chi connectivity index (χ1v) is 8.22. The van der Waals surface area contributed by atoms with Crippen LogP contribution in [0, 0.1) is 0 Å². The third kappa shape index (κ3) is 4.56. The molecule has 0 bridgehead atoms. The topological polar surface area (TPSA) is 50.4 Å². The van der Waals surface area contributed by atoms with Crippen LogP contribution in [0.5, 0.6) is 5.75 Å². The largest absolute Gasteiger partial charge is 0.497 e. The summed E-state index contributed by atoms with van der Waals surface area (Å²) in [5.74, 6) is 0.800. The van der Waals surface area contributed by atoms with E-state index in [9.17, 15) is 4.79 Å². The number of ether oxygens (including phenoxy) is 1. The summed E-state index contributed by atoms with van der Waals surface area (Å²) >= 11 is 12.1. The van der Waals surface area contributed by atoms with E-state index in [-0.39, 0.29) is 11.4 Å². The fourth-order valence-electron chi connectivity index (χ4n) is 2.22. The first-order valence-electron chi connectivity index (χ1n) is 7.47. The zero-order valence-corrected chi connectivity index (χ0v) is 15.3. The summed E-state index contributed by atoms with van der Waals surface area (Å²) in [5.41, 5.74) is 1.26. The fourth-order valence-corrected chi connectivity index (χ4v) is 2.71. The molecule has 4 nitrogen and oxygen atoms in total. The van der Waals surface area contributed by atoms with Gasteiger partial charge in [0.1, 0.15) is 5.75 Å². The van der Waals surface area contributed by atoms with Gasteiger partial charge in [0.05, 0.1) is 22.8 Å². The van der Waals surface area contributed by atoms with Crippen LogP contribution in [-0.2, 0) is 5.41 Å². The highest BCUT2D eigenvalue weighted by Crippen LogP contribution is 2.30. The van der Waals surface area contributed by atoms with E-state index in [1.165, 1.54) is 0 Å². The van der Waals surface area contributed by atoms with E-state index in [1.54, 1.807) is 25.3 Å². The van der Waals surface area contributed by atoms with Crippen molar-refractivity contribution in [2.24, 2.45) is 0 Å². The van der Waals surface area contributed by atoms with Crippen molar-refractivity contribution in [2.75, 3.05) is 19.0 Å². The highest BCUT2D eigenvalue weighted by Gasteiger charge is 2.22. The maximum Gasteiger partial charge on any atom is 0.319 e. The molecule has 0 unspecified atom stereocenters. The average Bonchev–Trinajstić information content (AvgIpc) is 2.56. The Hall–Kier alpha value is -1.91. The molecule has 2 aromatic carbocycles. The van der Waals surface area contributed by atoms with Crippen LogP contribution in [0.4, 0.5) is 10.5 Å². The molecule has 0 aromatic heterocycles. The van der Waals surface area contributed by atoms with E-state index in [4.69, 9.17) is 27.9 Å². The smallest absolute Gasteiger partial charge is 0.319 e. The summed E-state index contributed by atoms with van der Waals surface area (Å²) in [6.07, 6.45) is 0. The zero-order valence-electron chi connectivity index (χ0n) is 13.8. The molecule has 0 fully saturated rings. The van der Waals surface area contributed by atoms with Crippen molar-refractivity contribution in [3.8, 4) is 5.75 Å². The number of nitrogens with one attached hydrogen (secondary N) is 2. The molecule has 0 spiro atoms. The van der Waals surface area contributed by atoms with Gasteiger partial charge in [-0.3, -0.25) is 0 Å². The molecule has 0 aliphatic heterocycles. The van der Waals surface area contributed by atoms with Crippen molar-refractivity contribution in [3.05, 3.63) is 58.1 Å². The zero-order chi connectivity index (χ0) is 17.7. The summed E-state index contributed by atoms with van der Waals surface area (Å²) in [5, 5.41) is 6.33. The van der Waals surface area contributed by atoms with Crippen LogP contribution in [0.25, 0.3) is 0 Å². The second-order valence-electron chi connectivity index (χ2n) is 6.02. The molecule has 2 aromatic rings. The molecule has 2 rings (SSSR count). The Labute approximate surface area is 152 Å². The van der Waals surface area contributed by atoms with Crippen LogP contribution in [0.1, 0.15) is 19.4 Å². The van der Waals surface area contributed by atoms with Crippen LogP contribution in [0.2, 0.25) is 10.0 Å². The number of halogens is 2. The number of urea groups is 1. The molecule has 0 heterocycles. The van der Waals surface area contributed by atoms with E-state index in [1.807, 2.05) is 24.3 Å². The standard InChI is InChI=1S/C18H20Cl2N2O2/c1-18(2,12-7-9-13(24-3)10-8-12)11-21-17(23)22-16-14(19)5-4-6-15(16)20/h4-10H,11H2,1-3H3,(H2,21,22,23). The van der Waals surface area contributed by atoms with Gasteiger partial charge in [0.2, 0.25) is 0 Å². The maximum atomic E-state index is 12.1. The highest BCUT2D eigenvalue weighted by atomic mass is 35.5. The van der Waals surface area contributed by atoms with E-state index in [0.717, 1.165) is 11.3 Å². The highest BCUT2D eigenvalue weighted by molar-refractivity contribution is 6.39. The lowest BCUT2D eigenvalue weighted by Crippen LogP contribution is -2.39. The second kappa shape index (κ2) is 7.77. The lowest BCUT2D eigenvalue weighted by molar-refractivity contribution is 0.249. The molecule has 128 valence electrons. The molecule has 0 saturated carbocycles. The average molecular weight is 367 g/mol. The number of hydrogen-bond donors (Lipinski definition) is 2. The number of para-hydroxylation sites is 1. The van der Waals surface area contributed by atoms with E-state index >= 15 is 0 Å². The lowest BCUT2D eigenvalue weighted by Gasteiger charge is -2.26. The van der Waals surface area contributed by atoms with Crippen LogP contribution in [0.15, 0.2) is 42.5 Å². The monoisotopic (exact) mass is 366 g/mol. The Morgan fingerprint density at radius 3 is 2.21 bits per heavy atom. The molecule has 2 N–H and O–H groups in total. The number of hydrogen-bond acceptors (Lipinski definition) is 2. The number of benzene rings is 2. The predicted molar refractivity (Wildman–Crippen MR) is 99.5 cm³/mol. The predicted octanol–water partition coefficient (Wildman–Crippen LogP) is 5.10. The van der Waals surface area contributed by atoms with Crippen molar-refractivity contribution in [1.29, 1.82) is 0 Å². The molecule has 0 aliphatic carbocycles. The molecule has 0 saturated heterocycles. The van der Waals surface area contributed by atoms with Crippen LogP contribution >= 0.6 is 23.2 Å². The van der Waals surface area contributed by atoms with E-state index < -0.39 is 0 Å². The second-order valence-corrected chi connectivity index (χ2v) is 6.83. The third-order valence-electron chi connectivity index (χ3n) is 3.76. The molecule has 0 atom stereocenters. The normalized spacial score (nSPS) is 11.0. The molecule has 0 radical (unpaired) electrons. The summed E-state index contributed by atoms with van der Waals surface area (Å²) in [6, 6.07) is 12.5. The quantitative estimate of drug-likeness (QED) is 0.772. The molecule has 24 heavy (non-hydrogen) atoms. The fraction of sp³-hybridized carbons (Fsp3) is 0.278. The Morgan fingerprint density at radius 1 is 1.08 bits per heavy atom. The van der Waals surface area contributed by atoms with Crippen molar-refractivity contribution >= 4 is 34.9 Å². The Morgan fingerprint density at radius 2 is 1.67 bits per heavy atom. The van der Waals surface area contributed by atoms with Crippen LogP contribution in [-0.4, -0.2) is 19.7 Å². The van der Waals surface area contributed by atoms with Gasteiger partial charge < -0.3 is 15.4 Å². The Kier molecular flexibility index (Phi) is 5.97. The van der Waals surface area contributed by atoms with Gasteiger partial charge in [-0.05, 0) is 29.8 Å². The summed E-state index contributed by atoms with van der Waals surface area (Å²) in [4.78, 5) is 12.1. The van der Waals surface area contributed by atoms with Gasteiger partial charge >= 0.3 is 6.03 Å². The molecular weight excluding hydrogens is 347 g/mol. The SMILES string of the molecule is COc1ccc(C(C)(C)CNC(=O)Nc2c(Cl)cccc2Cl)cc1. The number of anilines is 1. The van der Waals surface area contributed by atoms with Crippen molar-refractivity contribution < 1.29 is 9.53 Å². The van der Waals surface area contributed by atoms with E-state index in [0.29, 0.717) is 22.3 Å². The van der Waals surface area contributed by atoms with Gasteiger partial charge in [-0.1, -0.05) is 55.2 Å². The molecule has 0 aliphatic rings. The van der Waals surface area contributed by atoms with Gasteiger partial charge in [-0.2, -0.15) is 0 Å². The molecular formula is C18H20Cl2N2O2. The van der Waals surface area contributed by atoms with Crippen LogP contribution in [0.3, 0.4) is 0 Å². The summed E-state index contributed by atoms with van der Waals surface area (Å²) in [6.45, 7) is 4.56. The minimum Gasteiger partial charge on any atom is -0.497 e. The number of carbonyl (C=O) groups is 1. The maximum absolute atomic E-state index is 12.1. The minimum absolute atomic E-state index is 0.242. The van der Waals surface area contributed by atoms with Gasteiger partial charge in [0, 0.05) is 12.0 Å². The van der Waals surface area contributed by atoms with Gasteiger partial charge in [0.25, 0.3) is 0 Å². The Balaban J connectivity index is 1.99. The number of rotatable bonds is 5. The van der Waals surface area contributed by atoms with E-state index in [2.05, 4.69) is 24.5 Å².